The van der Waals surface area contributed by atoms with Gasteiger partial charge in [-0.15, -0.1) is 0 Å². The molecule has 1 aromatic rings. The van der Waals surface area contributed by atoms with Crippen molar-refractivity contribution < 1.29 is 19.1 Å². The van der Waals surface area contributed by atoms with E-state index in [1.165, 1.54) is 13.2 Å². The normalized spacial score (nSPS) is 12.1. The molecule has 0 heterocycles. The first-order chi connectivity index (χ1) is 10.2. The number of rotatable bonds is 8. The Morgan fingerprint density at radius 2 is 1.77 bits per heavy atom. The zero-order valence-electron chi connectivity index (χ0n) is 13.5. The van der Waals surface area contributed by atoms with Gasteiger partial charge in [-0.3, -0.25) is 9.59 Å². The van der Waals surface area contributed by atoms with Crippen molar-refractivity contribution in [3.63, 3.8) is 0 Å². The van der Waals surface area contributed by atoms with Gasteiger partial charge >= 0.3 is 0 Å². The van der Waals surface area contributed by atoms with Crippen LogP contribution in [0.1, 0.15) is 5.56 Å². The molecule has 5 nitrogen and oxygen atoms in total. The lowest BCUT2D eigenvalue weighted by Gasteiger charge is -2.16. The molecule has 0 saturated carbocycles. The largest absolute Gasteiger partial charge is 0.497 e. The summed E-state index contributed by atoms with van der Waals surface area (Å²) < 4.78 is 10.5. The fourth-order valence-electron chi connectivity index (χ4n) is 1.62. The molecule has 0 fully saturated rings. The fraction of sp³-hybridized carbons (Fsp3) is 0.375. The SMILES string of the molecule is COCC(=O)C(=Cc1ccc(OC[Si](C)(C)C)cc1)C(N)=O. The van der Waals surface area contributed by atoms with Gasteiger partial charge in [0.15, 0.2) is 5.78 Å². The molecule has 0 aliphatic carbocycles. The molecule has 1 aromatic carbocycles. The lowest BCUT2D eigenvalue weighted by Crippen LogP contribution is -2.29. The Hall–Kier alpha value is -1.92. The number of nitrogens with two attached hydrogens (primary N) is 1. The predicted octanol–water partition coefficient (Wildman–Crippen LogP) is 2.03. The summed E-state index contributed by atoms with van der Waals surface area (Å²) in [6.45, 7) is 6.51. The van der Waals surface area contributed by atoms with E-state index in [1.807, 2.05) is 12.1 Å². The maximum Gasteiger partial charge on any atom is 0.252 e. The second-order valence-electron chi connectivity index (χ2n) is 6.20. The van der Waals surface area contributed by atoms with Crippen molar-refractivity contribution in [2.24, 2.45) is 5.73 Å². The molecular formula is C16H23NO4Si. The smallest absolute Gasteiger partial charge is 0.252 e. The molecule has 1 rings (SSSR count). The van der Waals surface area contributed by atoms with Crippen molar-refractivity contribution in [1.82, 2.24) is 0 Å². The summed E-state index contributed by atoms with van der Waals surface area (Å²) in [5, 5.41) is 0. The van der Waals surface area contributed by atoms with Gasteiger partial charge in [0.2, 0.25) is 0 Å². The number of Topliss-reactive ketones (excluding diaryl/α,β-unsaturated/α-hetero) is 1. The molecule has 2 N–H and O–H groups in total. The zero-order valence-corrected chi connectivity index (χ0v) is 14.5. The Labute approximate surface area is 132 Å². The van der Waals surface area contributed by atoms with Gasteiger partial charge in [0.25, 0.3) is 5.91 Å². The molecule has 0 aliphatic rings. The molecule has 0 radical (unpaired) electrons. The van der Waals surface area contributed by atoms with Gasteiger partial charge in [-0.1, -0.05) is 31.8 Å². The highest BCUT2D eigenvalue weighted by molar-refractivity contribution is 6.76. The molecule has 0 bridgehead atoms. The van der Waals surface area contributed by atoms with Crippen LogP contribution in [-0.2, 0) is 14.3 Å². The van der Waals surface area contributed by atoms with E-state index in [9.17, 15) is 9.59 Å². The zero-order chi connectivity index (χ0) is 16.8. The van der Waals surface area contributed by atoms with Gasteiger partial charge in [0.05, 0.1) is 19.9 Å². The minimum absolute atomic E-state index is 0.0717. The van der Waals surface area contributed by atoms with Crippen LogP contribution in [0.5, 0.6) is 5.75 Å². The molecule has 0 aliphatic heterocycles. The molecule has 6 heteroatoms. The summed E-state index contributed by atoms with van der Waals surface area (Å²) in [6.07, 6.45) is 2.20. The van der Waals surface area contributed by atoms with Gasteiger partial charge in [-0.05, 0) is 23.8 Å². The number of carbonyl (C=O) groups is 2. The van der Waals surface area contributed by atoms with E-state index in [2.05, 4.69) is 19.6 Å². The number of hydrogen-bond donors (Lipinski definition) is 1. The number of ketones is 1. The number of carbonyl (C=O) groups excluding carboxylic acids is 2. The predicted molar refractivity (Wildman–Crippen MR) is 89.3 cm³/mol. The third-order valence-electron chi connectivity index (χ3n) is 2.70. The number of amides is 1. The lowest BCUT2D eigenvalue weighted by molar-refractivity contribution is -0.123. The Balaban J connectivity index is 2.86. The average molecular weight is 321 g/mol. The number of methoxy groups -OCH3 is 1. The number of benzene rings is 1. The van der Waals surface area contributed by atoms with E-state index in [0.29, 0.717) is 5.56 Å². The van der Waals surface area contributed by atoms with Crippen molar-refractivity contribution in [2.45, 2.75) is 19.6 Å². The summed E-state index contributed by atoms with van der Waals surface area (Å²) in [5.41, 5.74) is 5.87. The molecule has 0 aromatic heterocycles. The Morgan fingerprint density at radius 3 is 2.23 bits per heavy atom. The van der Waals surface area contributed by atoms with Crippen LogP contribution in [0, 0.1) is 0 Å². The number of hydrogen-bond acceptors (Lipinski definition) is 4. The third-order valence-corrected chi connectivity index (χ3v) is 3.71. The third kappa shape index (κ3) is 6.24. The summed E-state index contributed by atoms with van der Waals surface area (Å²) in [7, 11) is 0.117. The van der Waals surface area contributed by atoms with Crippen LogP contribution in [0.4, 0.5) is 0 Å². The van der Waals surface area contributed by atoms with Crippen molar-refractivity contribution in [3.05, 3.63) is 35.4 Å². The van der Waals surface area contributed by atoms with E-state index < -0.39 is 19.8 Å². The number of primary amides is 1. The summed E-state index contributed by atoms with van der Waals surface area (Å²) in [6, 6.07) is 7.18. The van der Waals surface area contributed by atoms with Crippen LogP contribution in [0.15, 0.2) is 29.8 Å². The highest BCUT2D eigenvalue weighted by Crippen LogP contribution is 2.16. The van der Waals surface area contributed by atoms with Gasteiger partial charge in [-0.2, -0.15) is 0 Å². The molecule has 22 heavy (non-hydrogen) atoms. The second kappa shape index (κ2) is 7.91. The topological polar surface area (TPSA) is 78.6 Å². The van der Waals surface area contributed by atoms with Crippen molar-refractivity contribution in [2.75, 3.05) is 19.9 Å². The van der Waals surface area contributed by atoms with Crippen LogP contribution < -0.4 is 10.5 Å². The van der Waals surface area contributed by atoms with Crippen molar-refractivity contribution in [3.8, 4) is 5.75 Å². The van der Waals surface area contributed by atoms with Crippen LogP contribution in [-0.4, -0.2) is 39.7 Å². The van der Waals surface area contributed by atoms with Crippen LogP contribution >= 0.6 is 0 Å². The minimum atomic E-state index is -1.27. The van der Waals surface area contributed by atoms with Gasteiger partial charge in [0, 0.05) is 7.11 Å². The Bertz CT molecular complexity index is 559. The highest BCUT2D eigenvalue weighted by Gasteiger charge is 2.16. The Kier molecular flexibility index (Phi) is 6.52. The molecule has 0 unspecified atom stereocenters. The van der Waals surface area contributed by atoms with E-state index in [4.69, 9.17) is 15.2 Å². The molecule has 0 saturated heterocycles. The standard InChI is InChI=1S/C16H23NO4Si/c1-20-10-15(18)14(16(17)19)9-12-5-7-13(8-6-12)21-11-22(2,3)4/h5-9H,10-11H2,1-4H3,(H2,17,19). The minimum Gasteiger partial charge on any atom is -0.497 e. The monoisotopic (exact) mass is 321 g/mol. The van der Waals surface area contributed by atoms with Crippen LogP contribution in [0.2, 0.25) is 19.6 Å². The van der Waals surface area contributed by atoms with Crippen molar-refractivity contribution >= 4 is 25.8 Å². The lowest BCUT2D eigenvalue weighted by atomic mass is 10.1. The first-order valence-electron chi connectivity index (χ1n) is 6.99. The van der Waals surface area contributed by atoms with E-state index in [1.54, 1.807) is 12.1 Å². The van der Waals surface area contributed by atoms with Gasteiger partial charge < -0.3 is 15.2 Å². The van der Waals surface area contributed by atoms with E-state index >= 15 is 0 Å². The molecule has 0 spiro atoms. The second-order valence-corrected chi connectivity index (χ2v) is 11.6. The molecule has 120 valence electrons. The van der Waals surface area contributed by atoms with E-state index in [-0.39, 0.29) is 12.2 Å². The maximum atomic E-state index is 11.8. The maximum absolute atomic E-state index is 11.8. The summed E-state index contributed by atoms with van der Waals surface area (Å²) >= 11 is 0. The average Bonchev–Trinajstić information content (AvgIpc) is 2.42. The first kappa shape index (κ1) is 18.1. The van der Waals surface area contributed by atoms with Gasteiger partial charge in [0.1, 0.15) is 12.4 Å². The first-order valence-corrected chi connectivity index (χ1v) is 10.7. The molecule has 1 amide bonds. The van der Waals surface area contributed by atoms with Gasteiger partial charge in [-0.25, -0.2) is 0 Å². The number of ether oxygens (including phenoxy) is 2. The highest BCUT2D eigenvalue weighted by atomic mass is 28.3. The molecule has 0 atom stereocenters. The van der Waals surface area contributed by atoms with E-state index in [0.717, 1.165) is 12.0 Å². The quantitative estimate of drug-likeness (QED) is 0.344. The van der Waals surface area contributed by atoms with Crippen LogP contribution in [0.3, 0.4) is 0 Å². The summed E-state index contributed by atoms with van der Waals surface area (Å²) in [4.78, 5) is 23.1. The van der Waals surface area contributed by atoms with Crippen LogP contribution in [0.25, 0.3) is 6.08 Å². The fourth-order valence-corrected chi connectivity index (χ4v) is 2.22. The Morgan fingerprint density at radius 1 is 1.18 bits per heavy atom. The van der Waals surface area contributed by atoms with Crippen molar-refractivity contribution in [1.29, 1.82) is 0 Å². The summed E-state index contributed by atoms with van der Waals surface area (Å²) in [5.74, 6) is -0.432. The molecular weight excluding hydrogens is 298 g/mol.